The van der Waals surface area contributed by atoms with Crippen LogP contribution in [0.4, 0.5) is 0 Å². The van der Waals surface area contributed by atoms with Gasteiger partial charge in [-0.05, 0) is 40.0 Å². The Kier molecular flexibility index (Phi) is 4.62. The highest BCUT2D eigenvalue weighted by molar-refractivity contribution is 5.33. The minimum Gasteiger partial charge on any atom is -0.494 e. The van der Waals surface area contributed by atoms with Gasteiger partial charge in [-0.3, -0.25) is 0 Å². The van der Waals surface area contributed by atoms with Gasteiger partial charge in [0.25, 0.3) is 0 Å². The first-order valence-electron chi connectivity index (χ1n) is 5.64. The summed E-state index contributed by atoms with van der Waals surface area (Å²) in [7, 11) is 1.92. The highest BCUT2D eigenvalue weighted by Gasteiger charge is 2.18. The Morgan fingerprint density at radius 3 is 2.56 bits per heavy atom. The molecule has 0 unspecified atom stereocenters. The number of hydrogen-bond donors (Lipinski definition) is 1. The second-order valence-corrected chi connectivity index (χ2v) is 4.30. The third-order valence-electron chi connectivity index (χ3n) is 2.11. The van der Waals surface area contributed by atoms with Gasteiger partial charge in [-0.25, -0.2) is 0 Å². The van der Waals surface area contributed by atoms with Gasteiger partial charge in [0.15, 0.2) is 0 Å². The molecule has 1 N–H and O–H groups in total. The summed E-state index contributed by atoms with van der Waals surface area (Å²) in [4.78, 5) is 0. The molecule has 0 spiro atoms. The van der Waals surface area contributed by atoms with Crippen LogP contribution in [-0.4, -0.2) is 25.8 Å². The van der Waals surface area contributed by atoms with Gasteiger partial charge in [0.2, 0.25) is 0 Å². The van der Waals surface area contributed by atoms with E-state index in [-0.39, 0.29) is 5.60 Å². The fraction of sp³-hybridized carbons (Fsp3) is 0.538. The average Bonchev–Trinajstić information content (AvgIpc) is 2.17. The smallest absolute Gasteiger partial charge is 0.123 e. The van der Waals surface area contributed by atoms with E-state index in [0.717, 1.165) is 18.0 Å². The van der Waals surface area contributed by atoms with E-state index in [1.165, 1.54) is 0 Å². The zero-order valence-electron chi connectivity index (χ0n) is 10.5. The summed E-state index contributed by atoms with van der Waals surface area (Å²) in [6.07, 6.45) is 0. The molecule has 0 aliphatic carbocycles. The quantitative estimate of drug-likeness (QED) is 0.803. The molecular weight excluding hydrogens is 202 g/mol. The van der Waals surface area contributed by atoms with Crippen LogP contribution >= 0.6 is 0 Å². The van der Waals surface area contributed by atoms with Gasteiger partial charge in [0.1, 0.15) is 17.1 Å². The molecule has 16 heavy (non-hydrogen) atoms. The fourth-order valence-corrected chi connectivity index (χ4v) is 1.57. The summed E-state index contributed by atoms with van der Waals surface area (Å²) < 4.78 is 11.3. The van der Waals surface area contributed by atoms with Gasteiger partial charge >= 0.3 is 0 Å². The molecule has 0 aliphatic rings. The SMILES string of the molecule is CCOc1cccc(OC(C)(C)CNC)c1. The third-order valence-corrected chi connectivity index (χ3v) is 2.11. The molecule has 0 heterocycles. The highest BCUT2D eigenvalue weighted by atomic mass is 16.5. The Morgan fingerprint density at radius 2 is 1.94 bits per heavy atom. The standard InChI is InChI=1S/C13H21NO2/c1-5-15-11-7-6-8-12(9-11)16-13(2,3)10-14-4/h6-9,14H,5,10H2,1-4H3. The first kappa shape index (κ1) is 12.8. The van der Waals surface area contributed by atoms with Gasteiger partial charge in [0.05, 0.1) is 6.61 Å². The van der Waals surface area contributed by atoms with Gasteiger partial charge in [-0.1, -0.05) is 6.07 Å². The second kappa shape index (κ2) is 5.75. The largest absolute Gasteiger partial charge is 0.494 e. The lowest BCUT2D eigenvalue weighted by atomic mass is 10.1. The Bertz CT molecular complexity index is 323. The summed E-state index contributed by atoms with van der Waals surface area (Å²) in [6.45, 7) is 7.54. The molecule has 0 amide bonds. The number of ether oxygens (including phenoxy) is 2. The Balaban J connectivity index is 2.69. The Morgan fingerprint density at radius 1 is 1.25 bits per heavy atom. The van der Waals surface area contributed by atoms with Crippen molar-refractivity contribution in [2.75, 3.05) is 20.2 Å². The van der Waals surface area contributed by atoms with Crippen LogP contribution in [0.5, 0.6) is 11.5 Å². The maximum Gasteiger partial charge on any atom is 0.123 e. The summed E-state index contributed by atoms with van der Waals surface area (Å²) in [5, 5.41) is 3.11. The molecule has 0 atom stereocenters. The molecular formula is C13H21NO2. The summed E-state index contributed by atoms with van der Waals surface area (Å²) in [5.74, 6) is 1.69. The van der Waals surface area contributed by atoms with Crippen molar-refractivity contribution in [1.82, 2.24) is 5.32 Å². The van der Waals surface area contributed by atoms with Crippen molar-refractivity contribution < 1.29 is 9.47 Å². The van der Waals surface area contributed by atoms with Crippen LogP contribution in [-0.2, 0) is 0 Å². The summed E-state index contributed by atoms with van der Waals surface area (Å²) in [6, 6.07) is 7.73. The van der Waals surface area contributed by atoms with Crippen LogP contribution in [0.15, 0.2) is 24.3 Å². The van der Waals surface area contributed by atoms with Gasteiger partial charge in [0, 0.05) is 12.6 Å². The zero-order valence-corrected chi connectivity index (χ0v) is 10.5. The van der Waals surface area contributed by atoms with E-state index >= 15 is 0 Å². The number of likely N-dealkylation sites (N-methyl/N-ethyl adjacent to an activating group) is 1. The molecule has 90 valence electrons. The first-order valence-corrected chi connectivity index (χ1v) is 5.64. The van der Waals surface area contributed by atoms with Crippen molar-refractivity contribution >= 4 is 0 Å². The fourth-order valence-electron chi connectivity index (χ4n) is 1.57. The molecule has 1 aromatic rings. The molecule has 0 bridgehead atoms. The maximum atomic E-state index is 5.89. The zero-order chi connectivity index (χ0) is 12.0. The summed E-state index contributed by atoms with van der Waals surface area (Å²) >= 11 is 0. The molecule has 3 nitrogen and oxygen atoms in total. The molecule has 0 saturated heterocycles. The van der Waals surface area contributed by atoms with Gasteiger partial charge in [-0.2, -0.15) is 0 Å². The molecule has 0 aliphatic heterocycles. The van der Waals surface area contributed by atoms with Crippen molar-refractivity contribution in [2.45, 2.75) is 26.4 Å². The van der Waals surface area contributed by atoms with Gasteiger partial charge in [-0.15, -0.1) is 0 Å². The number of nitrogens with one attached hydrogen (secondary N) is 1. The molecule has 0 fully saturated rings. The third kappa shape index (κ3) is 4.11. The van der Waals surface area contributed by atoms with Gasteiger partial charge < -0.3 is 14.8 Å². The highest BCUT2D eigenvalue weighted by Crippen LogP contribution is 2.23. The van der Waals surface area contributed by atoms with Crippen molar-refractivity contribution in [1.29, 1.82) is 0 Å². The van der Waals surface area contributed by atoms with E-state index in [9.17, 15) is 0 Å². The van der Waals surface area contributed by atoms with Crippen molar-refractivity contribution in [3.8, 4) is 11.5 Å². The van der Waals surface area contributed by atoms with E-state index in [1.807, 2.05) is 38.2 Å². The van der Waals surface area contributed by atoms with Crippen LogP contribution in [0, 0.1) is 0 Å². The van der Waals surface area contributed by atoms with E-state index in [1.54, 1.807) is 0 Å². The summed E-state index contributed by atoms with van der Waals surface area (Å²) in [5.41, 5.74) is -0.223. The predicted molar refractivity (Wildman–Crippen MR) is 66.2 cm³/mol. The van der Waals surface area contributed by atoms with Crippen LogP contribution in [0.1, 0.15) is 20.8 Å². The monoisotopic (exact) mass is 223 g/mol. The topological polar surface area (TPSA) is 30.5 Å². The maximum absolute atomic E-state index is 5.89. The Hall–Kier alpha value is -1.22. The first-order chi connectivity index (χ1) is 7.57. The Labute approximate surface area is 97.8 Å². The molecule has 3 heteroatoms. The van der Waals surface area contributed by atoms with E-state index < -0.39 is 0 Å². The van der Waals surface area contributed by atoms with E-state index in [0.29, 0.717) is 6.61 Å². The second-order valence-electron chi connectivity index (χ2n) is 4.30. The number of hydrogen-bond acceptors (Lipinski definition) is 3. The van der Waals surface area contributed by atoms with E-state index in [2.05, 4.69) is 19.2 Å². The lowest BCUT2D eigenvalue weighted by Gasteiger charge is -2.26. The number of rotatable bonds is 6. The normalized spacial score (nSPS) is 11.2. The molecule has 0 radical (unpaired) electrons. The minimum absolute atomic E-state index is 0.223. The molecule has 1 rings (SSSR count). The lowest BCUT2D eigenvalue weighted by molar-refractivity contribution is 0.110. The van der Waals surface area contributed by atoms with Crippen molar-refractivity contribution in [3.63, 3.8) is 0 Å². The van der Waals surface area contributed by atoms with E-state index in [4.69, 9.17) is 9.47 Å². The molecule has 1 aromatic carbocycles. The minimum atomic E-state index is -0.223. The van der Waals surface area contributed by atoms with Crippen LogP contribution in [0.2, 0.25) is 0 Å². The average molecular weight is 223 g/mol. The number of benzene rings is 1. The molecule has 0 aromatic heterocycles. The van der Waals surface area contributed by atoms with Crippen LogP contribution in [0.25, 0.3) is 0 Å². The van der Waals surface area contributed by atoms with Crippen LogP contribution in [0.3, 0.4) is 0 Å². The molecule has 0 saturated carbocycles. The van der Waals surface area contributed by atoms with Crippen molar-refractivity contribution in [3.05, 3.63) is 24.3 Å². The lowest BCUT2D eigenvalue weighted by Crippen LogP contribution is -2.38. The predicted octanol–water partition coefficient (Wildman–Crippen LogP) is 2.46. The van der Waals surface area contributed by atoms with Crippen LogP contribution < -0.4 is 14.8 Å². The van der Waals surface area contributed by atoms with Crippen molar-refractivity contribution in [2.24, 2.45) is 0 Å².